The van der Waals surface area contributed by atoms with E-state index in [-0.39, 0.29) is 16.3 Å². The minimum absolute atomic E-state index is 0.171. The van der Waals surface area contributed by atoms with Gasteiger partial charge >= 0.3 is 5.97 Å². The molecule has 1 aromatic carbocycles. The van der Waals surface area contributed by atoms with Crippen LogP contribution in [0.4, 0.5) is 5.69 Å². The molecule has 1 saturated carbocycles. The summed E-state index contributed by atoms with van der Waals surface area (Å²) in [5.41, 5.74) is 6.13. The van der Waals surface area contributed by atoms with Gasteiger partial charge in [0.1, 0.15) is 5.56 Å². The zero-order valence-electron chi connectivity index (χ0n) is 10.6. The first-order chi connectivity index (χ1) is 9.09. The van der Waals surface area contributed by atoms with Crippen LogP contribution in [0.5, 0.6) is 0 Å². The molecule has 0 aromatic heterocycles. The van der Waals surface area contributed by atoms with Gasteiger partial charge in [-0.05, 0) is 30.9 Å². The third kappa shape index (κ3) is 3.54. The van der Waals surface area contributed by atoms with E-state index in [1.165, 1.54) is 19.3 Å². The average Bonchev–Trinajstić information content (AvgIpc) is 2.42. The molecule has 2 N–H and O–H groups in total. The average molecular weight is 302 g/mol. The molecule has 1 aliphatic carbocycles. The summed E-state index contributed by atoms with van der Waals surface area (Å²) in [7, 11) is 0. The molecule has 0 saturated heterocycles. The van der Waals surface area contributed by atoms with Gasteiger partial charge in [0, 0.05) is 0 Å². The fourth-order valence-corrected chi connectivity index (χ4v) is 2.79. The molecule has 0 radical (unpaired) electrons. The Morgan fingerprint density at radius 3 is 2.53 bits per heavy atom. The lowest BCUT2D eigenvalue weighted by Gasteiger charge is -2.21. The van der Waals surface area contributed by atoms with E-state index in [0.29, 0.717) is 17.5 Å². The zero-order chi connectivity index (χ0) is 13.8. The number of nitrogen functional groups attached to an aromatic ring is 1. The number of nitrogens with two attached hydrogens (primary N) is 1. The summed E-state index contributed by atoms with van der Waals surface area (Å²) >= 11 is 11.9. The molecule has 0 spiro atoms. The van der Waals surface area contributed by atoms with Crippen molar-refractivity contribution < 1.29 is 9.53 Å². The Hall–Kier alpha value is -0.930. The van der Waals surface area contributed by atoms with Crippen molar-refractivity contribution in [3.63, 3.8) is 0 Å². The molecule has 5 heteroatoms. The minimum Gasteiger partial charge on any atom is -0.462 e. The van der Waals surface area contributed by atoms with Gasteiger partial charge in [-0.25, -0.2) is 4.79 Å². The van der Waals surface area contributed by atoms with E-state index in [2.05, 4.69) is 0 Å². The smallest absolute Gasteiger partial charge is 0.341 e. The fraction of sp³-hybridized carbons (Fsp3) is 0.500. The van der Waals surface area contributed by atoms with Gasteiger partial charge in [-0.15, -0.1) is 0 Å². The van der Waals surface area contributed by atoms with E-state index in [0.717, 1.165) is 12.8 Å². The normalized spacial score (nSPS) is 16.3. The van der Waals surface area contributed by atoms with Gasteiger partial charge in [0.25, 0.3) is 0 Å². The van der Waals surface area contributed by atoms with Crippen LogP contribution in [0.1, 0.15) is 42.5 Å². The van der Waals surface area contributed by atoms with Crippen molar-refractivity contribution in [1.82, 2.24) is 0 Å². The van der Waals surface area contributed by atoms with Gasteiger partial charge in [-0.1, -0.05) is 42.5 Å². The van der Waals surface area contributed by atoms with E-state index in [1.54, 1.807) is 12.1 Å². The van der Waals surface area contributed by atoms with Crippen LogP contribution in [-0.4, -0.2) is 12.6 Å². The number of hydrogen-bond acceptors (Lipinski definition) is 3. The number of carbonyl (C=O) groups is 1. The van der Waals surface area contributed by atoms with Crippen LogP contribution in [0.2, 0.25) is 10.0 Å². The van der Waals surface area contributed by atoms with Crippen LogP contribution in [0.3, 0.4) is 0 Å². The summed E-state index contributed by atoms with van der Waals surface area (Å²) in [4.78, 5) is 12.0. The summed E-state index contributed by atoms with van der Waals surface area (Å²) in [6, 6.07) is 3.12. The second-order valence-electron chi connectivity index (χ2n) is 4.92. The molecular weight excluding hydrogens is 285 g/mol. The molecule has 2 rings (SSSR count). The second kappa shape index (κ2) is 6.49. The molecule has 1 aromatic rings. The summed E-state index contributed by atoms with van der Waals surface area (Å²) in [6.07, 6.45) is 5.93. The lowest BCUT2D eigenvalue weighted by molar-refractivity contribution is 0.0411. The Bertz CT molecular complexity index is 471. The quantitative estimate of drug-likeness (QED) is 0.668. The Morgan fingerprint density at radius 1 is 1.21 bits per heavy atom. The number of carbonyl (C=O) groups excluding carboxylic acids is 1. The number of ether oxygens (including phenoxy) is 1. The number of anilines is 1. The Kier molecular flexibility index (Phi) is 4.94. The summed E-state index contributed by atoms with van der Waals surface area (Å²) in [5, 5.41) is 0.588. The molecule has 1 aliphatic rings. The van der Waals surface area contributed by atoms with Crippen molar-refractivity contribution in [1.29, 1.82) is 0 Å². The zero-order valence-corrected chi connectivity index (χ0v) is 12.1. The van der Waals surface area contributed by atoms with Gasteiger partial charge in [0.15, 0.2) is 0 Å². The van der Waals surface area contributed by atoms with Crippen LogP contribution in [0.25, 0.3) is 0 Å². The van der Waals surface area contributed by atoms with Crippen molar-refractivity contribution in [3.8, 4) is 0 Å². The lowest BCUT2D eigenvalue weighted by atomic mass is 9.90. The topological polar surface area (TPSA) is 52.3 Å². The molecule has 0 atom stereocenters. The largest absolute Gasteiger partial charge is 0.462 e. The molecule has 3 nitrogen and oxygen atoms in total. The predicted octanol–water partition coefficient (Wildman–Crippen LogP) is 4.31. The Balaban J connectivity index is 2.01. The fourth-order valence-electron chi connectivity index (χ4n) is 2.39. The van der Waals surface area contributed by atoms with Gasteiger partial charge < -0.3 is 10.5 Å². The van der Waals surface area contributed by atoms with E-state index < -0.39 is 5.97 Å². The molecule has 104 valence electrons. The number of benzene rings is 1. The predicted molar refractivity (Wildman–Crippen MR) is 77.7 cm³/mol. The monoisotopic (exact) mass is 301 g/mol. The van der Waals surface area contributed by atoms with Crippen LogP contribution in [0, 0.1) is 5.92 Å². The highest BCUT2D eigenvalue weighted by molar-refractivity contribution is 6.38. The highest BCUT2D eigenvalue weighted by Crippen LogP contribution is 2.30. The van der Waals surface area contributed by atoms with Crippen LogP contribution in [-0.2, 0) is 4.74 Å². The minimum atomic E-state index is -0.490. The molecule has 0 aliphatic heterocycles. The van der Waals surface area contributed by atoms with E-state index in [1.807, 2.05) is 0 Å². The molecule has 19 heavy (non-hydrogen) atoms. The molecule has 0 amide bonds. The van der Waals surface area contributed by atoms with Gasteiger partial charge in [-0.3, -0.25) is 0 Å². The first-order valence-corrected chi connectivity index (χ1v) is 7.25. The van der Waals surface area contributed by atoms with Crippen molar-refractivity contribution in [3.05, 3.63) is 27.7 Å². The number of hydrogen-bond donors (Lipinski definition) is 1. The molecule has 0 heterocycles. The van der Waals surface area contributed by atoms with Crippen molar-refractivity contribution >= 4 is 34.9 Å². The Morgan fingerprint density at radius 2 is 1.84 bits per heavy atom. The molecule has 1 fully saturated rings. The lowest BCUT2D eigenvalue weighted by Crippen LogP contribution is -2.18. The maximum absolute atomic E-state index is 12.0. The molecule has 0 bridgehead atoms. The summed E-state index contributed by atoms with van der Waals surface area (Å²) in [6.45, 7) is 0.432. The van der Waals surface area contributed by atoms with Crippen LogP contribution < -0.4 is 5.73 Å². The third-order valence-electron chi connectivity index (χ3n) is 3.52. The highest BCUT2D eigenvalue weighted by atomic mass is 35.5. The number of rotatable bonds is 3. The Labute approximate surface area is 123 Å². The van der Waals surface area contributed by atoms with E-state index in [9.17, 15) is 4.79 Å². The maximum atomic E-state index is 12.0. The van der Waals surface area contributed by atoms with Crippen molar-refractivity contribution in [2.45, 2.75) is 32.1 Å². The number of esters is 1. The standard InChI is InChI=1S/C14H17Cl2NO2/c15-10-6-7-11(16)13(17)12(10)14(18)19-8-9-4-2-1-3-5-9/h6-7,9H,1-5,8,17H2. The maximum Gasteiger partial charge on any atom is 0.341 e. The van der Waals surface area contributed by atoms with Gasteiger partial charge in [-0.2, -0.15) is 0 Å². The first kappa shape index (κ1) is 14.5. The van der Waals surface area contributed by atoms with Crippen molar-refractivity contribution in [2.75, 3.05) is 12.3 Å². The molecule has 0 unspecified atom stereocenters. The van der Waals surface area contributed by atoms with E-state index >= 15 is 0 Å². The highest BCUT2D eigenvalue weighted by Gasteiger charge is 2.20. The second-order valence-corrected chi connectivity index (χ2v) is 5.73. The van der Waals surface area contributed by atoms with Gasteiger partial charge in [0.05, 0.1) is 22.3 Å². The third-order valence-corrected chi connectivity index (χ3v) is 4.17. The summed E-state index contributed by atoms with van der Waals surface area (Å²) in [5.74, 6) is -0.0348. The first-order valence-electron chi connectivity index (χ1n) is 6.50. The SMILES string of the molecule is Nc1c(Cl)ccc(Cl)c1C(=O)OCC1CCCCC1. The number of halogens is 2. The van der Waals surface area contributed by atoms with Gasteiger partial charge in [0.2, 0.25) is 0 Å². The molecular formula is C14H17Cl2NO2. The summed E-state index contributed by atoms with van der Waals surface area (Å²) < 4.78 is 5.32. The van der Waals surface area contributed by atoms with Crippen LogP contribution >= 0.6 is 23.2 Å². The van der Waals surface area contributed by atoms with E-state index in [4.69, 9.17) is 33.7 Å². The van der Waals surface area contributed by atoms with Crippen molar-refractivity contribution in [2.24, 2.45) is 5.92 Å². The van der Waals surface area contributed by atoms with Crippen LogP contribution in [0.15, 0.2) is 12.1 Å².